The van der Waals surface area contributed by atoms with E-state index in [2.05, 4.69) is 41.5 Å². The van der Waals surface area contributed by atoms with Crippen LogP contribution >= 0.6 is 34.7 Å². The molecule has 0 fully saturated rings. The average Bonchev–Trinajstić information content (AvgIpc) is 2.35. The molecule has 0 radical (unpaired) electrons. The Morgan fingerprint density at radius 2 is 0.706 bits per heavy atom. The minimum absolute atomic E-state index is 0.446. The van der Waals surface area contributed by atoms with Crippen molar-refractivity contribution in [3.05, 3.63) is 0 Å². The van der Waals surface area contributed by atoms with Crippen LogP contribution in [0.1, 0.15) is 41.5 Å². The van der Waals surface area contributed by atoms with Crippen molar-refractivity contribution in [3.63, 3.8) is 0 Å². The van der Waals surface area contributed by atoms with E-state index in [1.54, 1.807) is 0 Å². The van der Waals surface area contributed by atoms with Crippen LogP contribution in [0.3, 0.4) is 0 Å². The molecule has 0 N–H and O–H groups in total. The monoisotopic (exact) mass is 501 g/mol. The summed E-state index contributed by atoms with van der Waals surface area (Å²) in [6, 6.07) is 0. The first kappa shape index (κ1) is 24.2. The van der Waals surface area contributed by atoms with Gasteiger partial charge in [0.15, 0.2) is 0 Å². The van der Waals surface area contributed by atoms with E-state index in [0.29, 0.717) is 15.8 Å². The first-order valence-electron chi connectivity index (χ1n) is 6.38. The Labute approximate surface area is 129 Å². The van der Waals surface area contributed by atoms with Crippen LogP contribution in [0.2, 0.25) is 0 Å². The quantitative estimate of drug-likeness (QED) is 0.367. The van der Waals surface area contributed by atoms with Gasteiger partial charge in [0.25, 0.3) is 0 Å². The second kappa shape index (κ2) is 23.2. The number of hydrogen-bond acceptors (Lipinski definition) is 0. The van der Waals surface area contributed by atoms with Crippen LogP contribution in [-0.4, -0.2) is 37.0 Å². The summed E-state index contributed by atoms with van der Waals surface area (Å²) in [7, 11) is 10.6. The molecule has 0 saturated carbocycles. The molecule has 0 aromatic rings. The van der Waals surface area contributed by atoms with Gasteiger partial charge in [-0.2, -0.15) is 0 Å². The summed E-state index contributed by atoms with van der Waals surface area (Å²) < 4.78 is 0. The van der Waals surface area contributed by atoms with E-state index in [1.165, 1.54) is 37.0 Å². The van der Waals surface area contributed by atoms with Gasteiger partial charge in [-0.1, -0.05) is 41.5 Å². The minimum atomic E-state index is -0.472. The van der Waals surface area contributed by atoms with Crippen LogP contribution in [0, 0.1) is 0 Å². The van der Waals surface area contributed by atoms with Gasteiger partial charge in [-0.25, -0.2) is 0 Å². The molecule has 5 heteroatoms. The third-order valence-electron chi connectivity index (χ3n) is 2.68. The van der Waals surface area contributed by atoms with Gasteiger partial charge in [-0.05, 0) is 37.0 Å². The molecule has 0 aliphatic heterocycles. The van der Waals surface area contributed by atoms with Gasteiger partial charge in [-0.15, -0.1) is 15.8 Å². The summed E-state index contributed by atoms with van der Waals surface area (Å²) in [5.41, 5.74) is 0. The van der Waals surface area contributed by atoms with E-state index in [-0.39, 0.29) is 0 Å². The van der Waals surface area contributed by atoms with Gasteiger partial charge in [-0.3, -0.25) is 0 Å². The first-order valence-corrected chi connectivity index (χ1v) is 15.8. The van der Waals surface area contributed by atoms with Crippen molar-refractivity contribution >= 4 is 34.7 Å². The molecule has 0 nitrogen and oxygen atoms in total. The van der Waals surface area contributed by atoms with E-state index >= 15 is 0 Å². The molecule has 17 heavy (non-hydrogen) atoms. The molecule has 0 bridgehead atoms. The topological polar surface area (TPSA) is 0 Å². The maximum atomic E-state index is 4.88. The summed E-state index contributed by atoms with van der Waals surface area (Å²) >= 11 is -0.472. The summed E-state index contributed by atoms with van der Waals surface area (Å²) in [5.74, 6) is 0. The first-order chi connectivity index (χ1) is 8.11. The fourth-order valence-corrected chi connectivity index (χ4v) is 4.02. The molecule has 0 rings (SSSR count). The number of rotatable bonds is 6. The van der Waals surface area contributed by atoms with Gasteiger partial charge in [0.1, 0.15) is 0 Å². The van der Waals surface area contributed by atoms with E-state index in [0.717, 1.165) is 0 Å². The second-order valence-corrected chi connectivity index (χ2v) is 13.0. The summed E-state index contributed by atoms with van der Waals surface area (Å²) in [4.78, 5) is 0. The van der Waals surface area contributed by atoms with Gasteiger partial charge in [0.05, 0.1) is 0 Å². The standard InChI is InChI=1S/2C6H15P.2ClH.Pt/c2*1-4-7(5-2)6-3;;;/h2*4-6H2,1-3H3;2*1H;/q;;;;+2/p-2. The normalized spacial score (nSPS) is 9.76. The van der Waals surface area contributed by atoms with Gasteiger partial charge >= 0.3 is 35.3 Å². The van der Waals surface area contributed by atoms with Crippen LogP contribution in [0.4, 0.5) is 0 Å². The molecule has 0 unspecified atom stereocenters. The Balaban J connectivity index is -0.000000188. The van der Waals surface area contributed by atoms with Crippen LogP contribution in [0.25, 0.3) is 0 Å². The summed E-state index contributed by atoms with van der Waals surface area (Å²) in [5, 5.41) is 0. The average molecular weight is 502 g/mol. The van der Waals surface area contributed by atoms with Gasteiger partial charge < -0.3 is 0 Å². The Bertz CT molecular complexity index is 87.7. The van der Waals surface area contributed by atoms with Crippen LogP contribution < -0.4 is 0 Å². The molecular weight excluding hydrogens is 472 g/mol. The zero-order valence-electron chi connectivity index (χ0n) is 12.2. The fraction of sp³-hybridized carbons (Fsp3) is 1.00. The van der Waals surface area contributed by atoms with Crippen molar-refractivity contribution in [1.29, 1.82) is 0 Å². The van der Waals surface area contributed by atoms with E-state index in [1.807, 2.05) is 0 Å². The molecule has 0 aliphatic carbocycles. The predicted molar refractivity (Wildman–Crippen MR) is 88.8 cm³/mol. The molecule has 0 spiro atoms. The number of halogens is 2. The molecule has 0 aromatic carbocycles. The Kier molecular flexibility index (Phi) is 33.0. The fourth-order valence-electron chi connectivity index (χ4n) is 1.34. The Hall–Kier alpha value is 2.13. The molecule has 0 saturated heterocycles. The SMILES string of the molecule is CCP(CC)CC.CCP(CC)CC.[Cl][Pt][Cl]. The molecular formula is C12H30Cl2P2Pt. The van der Waals surface area contributed by atoms with E-state index in [9.17, 15) is 0 Å². The Morgan fingerprint density at radius 1 is 0.588 bits per heavy atom. The van der Waals surface area contributed by atoms with Crippen LogP contribution in [-0.2, 0) is 16.5 Å². The molecule has 0 aromatic heterocycles. The van der Waals surface area contributed by atoms with Crippen molar-refractivity contribution in [2.24, 2.45) is 0 Å². The van der Waals surface area contributed by atoms with E-state index < -0.39 is 16.5 Å². The predicted octanol–water partition coefficient (Wildman–Crippen LogP) is 6.43. The molecule has 0 heterocycles. The maximum absolute atomic E-state index is 4.88. The van der Waals surface area contributed by atoms with Crippen molar-refractivity contribution in [1.82, 2.24) is 0 Å². The third kappa shape index (κ3) is 23.6. The molecule has 0 aliphatic rings. The van der Waals surface area contributed by atoms with Crippen molar-refractivity contribution < 1.29 is 16.5 Å². The van der Waals surface area contributed by atoms with E-state index in [4.69, 9.17) is 18.8 Å². The van der Waals surface area contributed by atoms with Crippen LogP contribution in [0.5, 0.6) is 0 Å². The zero-order chi connectivity index (χ0) is 14.1. The number of hydrogen-bond donors (Lipinski definition) is 0. The second-order valence-electron chi connectivity index (χ2n) is 3.28. The van der Waals surface area contributed by atoms with Crippen molar-refractivity contribution in [2.75, 3.05) is 37.0 Å². The third-order valence-corrected chi connectivity index (χ3v) is 8.05. The molecule has 0 amide bonds. The van der Waals surface area contributed by atoms with Crippen molar-refractivity contribution in [2.45, 2.75) is 41.5 Å². The van der Waals surface area contributed by atoms with Gasteiger partial charge in [0, 0.05) is 0 Å². The zero-order valence-corrected chi connectivity index (χ0v) is 17.8. The Morgan fingerprint density at radius 3 is 0.706 bits per heavy atom. The molecule has 112 valence electrons. The summed E-state index contributed by atoms with van der Waals surface area (Å²) in [6.45, 7) is 13.7. The van der Waals surface area contributed by atoms with Crippen molar-refractivity contribution in [3.8, 4) is 0 Å². The van der Waals surface area contributed by atoms with Gasteiger partial charge in [0.2, 0.25) is 0 Å². The summed E-state index contributed by atoms with van der Waals surface area (Å²) in [6.07, 6.45) is 8.51. The molecule has 0 atom stereocenters. The van der Waals surface area contributed by atoms with Crippen LogP contribution in [0.15, 0.2) is 0 Å².